The number of nitrogen functional groups attached to an aromatic ring is 1. The van der Waals surface area contributed by atoms with Crippen molar-refractivity contribution in [3.63, 3.8) is 0 Å². The fourth-order valence-electron chi connectivity index (χ4n) is 2.96. The first kappa shape index (κ1) is 26.4. The molecule has 0 spiro atoms. The Morgan fingerprint density at radius 1 is 0.882 bits per heavy atom. The molecule has 0 bridgehead atoms. The van der Waals surface area contributed by atoms with Crippen LogP contribution in [0.3, 0.4) is 0 Å². The Morgan fingerprint density at radius 2 is 1.50 bits per heavy atom. The van der Waals surface area contributed by atoms with E-state index >= 15 is 0 Å². The molecule has 8 heteroatoms. The van der Waals surface area contributed by atoms with Crippen molar-refractivity contribution in [3.05, 3.63) is 115 Å². The van der Waals surface area contributed by atoms with Crippen molar-refractivity contribution in [1.29, 1.82) is 0 Å². The van der Waals surface area contributed by atoms with Gasteiger partial charge in [-0.05, 0) is 47.5 Å². The summed E-state index contributed by atoms with van der Waals surface area (Å²) in [6.45, 7) is 0.132. The van der Waals surface area contributed by atoms with Crippen LogP contribution in [0, 0.1) is 5.82 Å². The van der Waals surface area contributed by atoms with Gasteiger partial charge in [0.25, 0.3) is 0 Å². The highest BCUT2D eigenvalue weighted by Gasteiger charge is 2.05. The number of rotatable bonds is 5. The number of carbonyl (C=O) groups excluding carboxylic acids is 1. The lowest BCUT2D eigenvalue weighted by molar-refractivity contribution is 0.251. The minimum atomic E-state index is -0.395. The second-order valence-corrected chi connectivity index (χ2v) is 7.60. The molecule has 7 N–H and O–H groups in total. The lowest BCUT2D eigenvalue weighted by Crippen LogP contribution is -2.28. The van der Waals surface area contributed by atoms with Gasteiger partial charge in [-0.3, -0.25) is 0 Å². The molecule has 0 saturated heterocycles. The summed E-state index contributed by atoms with van der Waals surface area (Å²) in [4.78, 5) is 12.5. The number of nitrogens with one attached hydrogen (secondary N) is 2. The zero-order valence-electron chi connectivity index (χ0n) is 18.2. The van der Waals surface area contributed by atoms with Gasteiger partial charge in [0, 0.05) is 44.7 Å². The van der Waals surface area contributed by atoms with E-state index in [1.807, 2.05) is 54.6 Å². The molecule has 4 rings (SSSR count). The van der Waals surface area contributed by atoms with Crippen LogP contribution in [0.25, 0.3) is 11.1 Å². The van der Waals surface area contributed by atoms with Crippen LogP contribution >= 0.6 is 12.0 Å². The van der Waals surface area contributed by atoms with Crippen LogP contribution in [0.1, 0.15) is 9.84 Å². The average molecular weight is 486 g/mol. The number of halogens is 1. The Bertz CT molecular complexity index is 1190. The number of hydrogen-bond donors (Lipinski definition) is 4. The smallest absolute Gasteiger partial charge is 0.319 e. The maximum atomic E-state index is 13.3. The van der Waals surface area contributed by atoms with Crippen molar-refractivity contribution >= 4 is 29.4 Å². The lowest BCUT2D eigenvalue weighted by atomic mass is 10.1. The van der Waals surface area contributed by atoms with Crippen molar-refractivity contribution in [1.82, 2.24) is 5.32 Å². The zero-order valence-corrected chi connectivity index (χ0v) is 19.1. The molecule has 0 atom stereocenters. The molecule has 0 aliphatic heterocycles. The fraction of sp³-hybridized carbons (Fsp3) is 0.0385. The third kappa shape index (κ3) is 7.93. The topological polar surface area (TPSA) is 119 Å². The molecule has 0 fully saturated rings. The van der Waals surface area contributed by atoms with E-state index in [9.17, 15) is 9.18 Å². The maximum Gasteiger partial charge on any atom is 0.319 e. The van der Waals surface area contributed by atoms with Crippen LogP contribution in [-0.2, 0) is 6.54 Å². The highest BCUT2D eigenvalue weighted by molar-refractivity contribution is 7.93. The van der Waals surface area contributed by atoms with Crippen LogP contribution in [0.2, 0.25) is 0 Å². The van der Waals surface area contributed by atoms with E-state index in [1.165, 1.54) is 6.07 Å². The highest BCUT2D eigenvalue weighted by atomic mass is 32.2. The van der Waals surface area contributed by atoms with Crippen molar-refractivity contribution in [2.75, 3.05) is 11.1 Å². The van der Waals surface area contributed by atoms with Crippen molar-refractivity contribution in [2.24, 2.45) is 0 Å². The van der Waals surface area contributed by atoms with E-state index in [2.05, 4.69) is 10.6 Å². The van der Waals surface area contributed by atoms with Crippen LogP contribution in [0.15, 0.2) is 108 Å². The quantitative estimate of drug-likeness (QED) is 0.189. The molecule has 0 radical (unpaired) electrons. The van der Waals surface area contributed by atoms with E-state index in [-0.39, 0.29) is 22.1 Å². The second-order valence-electron chi connectivity index (χ2n) is 6.97. The summed E-state index contributed by atoms with van der Waals surface area (Å²) in [5.41, 5.74) is 9.43. The van der Waals surface area contributed by atoms with Crippen LogP contribution in [-0.4, -0.2) is 16.1 Å². The van der Waals surface area contributed by atoms with Gasteiger partial charge in [-0.25, -0.2) is 9.18 Å². The molecule has 0 aliphatic carbocycles. The summed E-state index contributed by atoms with van der Waals surface area (Å²) in [7, 11) is 0. The minimum Gasteiger partial charge on any atom is -0.412 e. The Labute approximate surface area is 206 Å². The summed E-state index contributed by atoms with van der Waals surface area (Å²) < 4.78 is 22.4. The number of hydrogen-bond acceptors (Lipinski definition) is 4. The number of urea groups is 1. The molecule has 4 aromatic carbocycles. The largest absolute Gasteiger partial charge is 0.412 e. The van der Waals surface area contributed by atoms with Gasteiger partial charge in [-0.1, -0.05) is 66.7 Å². The molecular weight excluding hydrogens is 453 g/mol. The Morgan fingerprint density at radius 3 is 2.18 bits per heavy atom. The monoisotopic (exact) mass is 485 g/mol. The van der Waals surface area contributed by atoms with E-state index in [4.69, 9.17) is 10.3 Å². The third-order valence-electron chi connectivity index (χ3n) is 4.64. The van der Waals surface area contributed by atoms with Gasteiger partial charge < -0.3 is 26.4 Å². The van der Waals surface area contributed by atoms with Crippen LogP contribution < -0.4 is 16.4 Å². The standard InChI is InChI=1S/C14H14FN3O.C12H10OS.H2O.3H2/c15-13-4-2-1-3-10(13)9-17-14(19)18-12-7-5-11(16)6-8-12;13-14-12-9-5-4-8-11(12)10-6-2-1-3-7-10;;;;/h1-8H,9,16H2,(H2,17,18,19);1-9,13H;1H2;3*1H. The Balaban J connectivity index is 0. The second kappa shape index (κ2) is 13.6. The first-order chi connectivity index (χ1) is 16.1. The molecule has 0 aromatic heterocycles. The molecule has 2 amide bonds. The predicted octanol–water partition coefficient (Wildman–Crippen LogP) is 6.56. The Kier molecular flexibility index (Phi) is 10.6. The molecule has 0 saturated carbocycles. The molecule has 182 valence electrons. The van der Waals surface area contributed by atoms with Gasteiger partial charge >= 0.3 is 6.03 Å². The van der Waals surface area contributed by atoms with E-state index in [1.54, 1.807) is 42.5 Å². The Hall–Kier alpha value is -3.85. The van der Waals surface area contributed by atoms with E-state index < -0.39 is 6.03 Å². The summed E-state index contributed by atoms with van der Waals surface area (Å²) in [6, 6.07) is 30.5. The van der Waals surface area contributed by atoms with Crippen molar-refractivity contribution in [2.45, 2.75) is 11.4 Å². The van der Waals surface area contributed by atoms with Gasteiger partial charge in [0.15, 0.2) is 0 Å². The number of amides is 2. The third-order valence-corrected chi connectivity index (χ3v) is 5.19. The summed E-state index contributed by atoms with van der Waals surface area (Å²) >= 11 is 0.790. The SMILES string of the molecule is Nc1ccc(NC(=O)NCc2ccccc2F)cc1.O.OSc1ccccc1-c1ccccc1.[HH].[HH].[HH]. The molecule has 0 aliphatic rings. The minimum absolute atomic E-state index is 0. The number of benzene rings is 4. The molecule has 0 heterocycles. The maximum absolute atomic E-state index is 13.3. The number of anilines is 2. The van der Waals surface area contributed by atoms with Gasteiger partial charge in [0.1, 0.15) is 5.82 Å². The zero-order chi connectivity index (χ0) is 23.5. The molecule has 0 unspecified atom stereocenters. The summed E-state index contributed by atoms with van der Waals surface area (Å²) in [5.74, 6) is -0.338. The van der Waals surface area contributed by atoms with Gasteiger partial charge in [-0.2, -0.15) is 0 Å². The van der Waals surface area contributed by atoms with E-state index in [0.717, 1.165) is 28.1 Å². The first-order valence-corrected chi connectivity index (χ1v) is 10.9. The van der Waals surface area contributed by atoms with Crippen molar-refractivity contribution in [3.8, 4) is 11.1 Å². The number of carbonyl (C=O) groups is 1. The average Bonchev–Trinajstić information content (AvgIpc) is 2.86. The van der Waals surface area contributed by atoms with Gasteiger partial charge in [0.05, 0.1) is 0 Å². The highest BCUT2D eigenvalue weighted by Crippen LogP contribution is 2.29. The molecule has 4 aromatic rings. The van der Waals surface area contributed by atoms with Crippen LogP contribution in [0.5, 0.6) is 0 Å². The molecular formula is C26H32FN3O3S. The van der Waals surface area contributed by atoms with E-state index in [0.29, 0.717) is 16.9 Å². The van der Waals surface area contributed by atoms with Crippen LogP contribution in [0.4, 0.5) is 20.6 Å². The molecule has 6 nitrogen and oxygen atoms in total. The van der Waals surface area contributed by atoms with Crippen molar-refractivity contribution < 1.29 is 23.5 Å². The normalized spacial score (nSPS) is 9.71. The number of nitrogens with two attached hydrogens (primary N) is 1. The summed E-state index contributed by atoms with van der Waals surface area (Å²) in [5, 5.41) is 5.21. The van der Waals surface area contributed by atoms with Gasteiger partial charge in [0.2, 0.25) is 0 Å². The first-order valence-electron chi connectivity index (χ1n) is 10.2. The summed E-state index contributed by atoms with van der Waals surface area (Å²) in [6.07, 6.45) is 0. The van der Waals surface area contributed by atoms with Gasteiger partial charge in [-0.15, -0.1) is 0 Å². The lowest BCUT2D eigenvalue weighted by Gasteiger charge is -2.08. The molecule has 34 heavy (non-hydrogen) atoms. The predicted molar refractivity (Wildman–Crippen MR) is 143 cm³/mol. The fourth-order valence-corrected chi connectivity index (χ4v) is 3.39.